The Bertz CT molecular complexity index is 717. The van der Waals surface area contributed by atoms with E-state index < -0.39 is 0 Å². The maximum absolute atomic E-state index is 10.5. The van der Waals surface area contributed by atoms with Crippen LogP contribution in [0.1, 0.15) is 31.2 Å². The van der Waals surface area contributed by atoms with Crippen LogP contribution in [0.5, 0.6) is 0 Å². The molecule has 1 aromatic rings. The fourth-order valence-corrected chi connectivity index (χ4v) is 3.14. The fourth-order valence-electron chi connectivity index (χ4n) is 3.14. The van der Waals surface area contributed by atoms with Gasteiger partial charge in [0.25, 0.3) is 0 Å². The maximum Gasteiger partial charge on any atom is 0.106 e. The zero-order chi connectivity index (χ0) is 15.5. The van der Waals surface area contributed by atoms with Gasteiger partial charge in [0, 0.05) is 23.6 Å². The van der Waals surface area contributed by atoms with Crippen LogP contribution in [0.4, 0.5) is 0 Å². The van der Waals surface area contributed by atoms with Crippen molar-refractivity contribution in [3.05, 3.63) is 94.5 Å². The number of aliphatic hydroxyl groups is 1. The minimum absolute atomic E-state index is 0.270. The van der Waals surface area contributed by atoms with Gasteiger partial charge in [0.15, 0.2) is 0 Å². The first kappa shape index (κ1) is 14.5. The van der Waals surface area contributed by atoms with Crippen LogP contribution in [0.25, 0.3) is 0 Å². The monoisotopic (exact) mass is 291 g/mol. The molecule has 0 amide bonds. The molecule has 112 valence electrons. The molecule has 0 fully saturated rings. The van der Waals surface area contributed by atoms with Gasteiger partial charge in [0.2, 0.25) is 0 Å². The molecule has 3 rings (SSSR count). The van der Waals surface area contributed by atoms with Crippen LogP contribution in [0.2, 0.25) is 0 Å². The number of nitrogens with two attached hydrogens (primary N) is 1. The molecule has 2 nitrogen and oxygen atoms in total. The lowest BCUT2D eigenvalue weighted by Crippen LogP contribution is -2.08. The van der Waals surface area contributed by atoms with Crippen LogP contribution < -0.4 is 5.73 Å². The smallest absolute Gasteiger partial charge is 0.106 e. The number of allylic oxidation sites excluding steroid dienone is 8. The van der Waals surface area contributed by atoms with Crippen LogP contribution in [0.3, 0.4) is 0 Å². The van der Waals surface area contributed by atoms with E-state index >= 15 is 0 Å². The van der Waals surface area contributed by atoms with E-state index in [0.717, 1.165) is 23.1 Å². The molecule has 1 unspecified atom stereocenters. The van der Waals surface area contributed by atoms with E-state index in [4.69, 9.17) is 5.73 Å². The Hall–Kier alpha value is -2.48. The van der Waals surface area contributed by atoms with Crippen molar-refractivity contribution in [2.24, 2.45) is 5.73 Å². The van der Waals surface area contributed by atoms with E-state index in [-0.39, 0.29) is 5.92 Å². The molecule has 0 heterocycles. The Balaban J connectivity index is 2.05. The molecule has 0 radical (unpaired) electrons. The SMILES string of the molecule is CC1=CC(C2=CC=CCC2c2ccccc2)=C(O)CC(N)=C1. The lowest BCUT2D eigenvalue weighted by atomic mass is 9.81. The van der Waals surface area contributed by atoms with Crippen LogP contribution in [-0.4, -0.2) is 5.11 Å². The average Bonchev–Trinajstić information content (AvgIpc) is 2.65. The van der Waals surface area contributed by atoms with E-state index in [1.54, 1.807) is 0 Å². The highest BCUT2D eigenvalue weighted by atomic mass is 16.3. The predicted octanol–water partition coefficient (Wildman–Crippen LogP) is 4.66. The Kier molecular flexibility index (Phi) is 4.01. The summed E-state index contributed by atoms with van der Waals surface area (Å²) in [7, 11) is 0. The third-order valence-corrected chi connectivity index (χ3v) is 4.14. The molecule has 2 aliphatic carbocycles. The van der Waals surface area contributed by atoms with Crippen molar-refractivity contribution < 1.29 is 5.11 Å². The van der Waals surface area contributed by atoms with Crippen LogP contribution in [0.15, 0.2) is 88.9 Å². The zero-order valence-corrected chi connectivity index (χ0v) is 12.8. The van der Waals surface area contributed by atoms with Crippen molar-refractivity contribution >= 4 is 0 Å². The van der Waals surface area contributed by atoms with E-state index in [0.29, 0.717) is 17.9 Å². The normalized spacial score (nSPS) is 21.9. The Labute approximate surface area is 131 Å². The molecule has 0 saturated carbocycles. The Morgan fingerprint density at radius 2 is 1.91 bits per heavy atom. The molecule has 22 heavy (non-hydrogen) atoms. The first-order valence-corrected chi connectivity index (χ1v) is 7.63. The third-order valence-electron chi connectivity index (χ3n) is 4.14. The molecule has 0 saturated heterocycles. The van der Waals surface area contributed by atoms with E-state index in [9.17, 15) is 5.11 Å². The molecular formula is C20H21NO. The highest BCUT2D eigenvalue weighted by Crippen LogP contribution is 2.38. The van der Waals surface area contributed by atoms with Crippen molar-refractivity contribution in [1.82, 2.24) is 0 Å². The van der Waals surface area contributed by atoms with Crippen LogP contribution in [-0.2, 0) is 0 Å². The lowest BCUT2D eigenvalue weighted by Gasteiger charge is -2.24. The number of rotatable bonds is 2. The highest BCUT2D eigenvalue weighted by Gasteiger charge is 2.23. The van der Waals surface area contributed by atoms with Gasteiger partial charge < -0.3 is 10.8 Å². The van der Waals surface area contributed by atoms with Gasteiger partial charge in [-0.15, -0.1) is 0 Å². The van der Waals surface area contributed by atoms with Crippen LogP contribution in [0, 0.1) is 0 Å². The molecule has 1 aromatic carbocycles. The summed E-state index contributed by atoms with van der Waals surface area (Å²) in [6.45, 7) is 2.02. The Morgan fingerprint density at radius 1 is 1.14 bits per heavy atom. The van der Waals surface area contributed by atoms with Crippen molar-refractivity contribution in [2.75, 3.05) is 0 Å². The molecular weight excluding hydrogens is 270 g/mol. The lowest BCUT2D eigenvalue weighted by molar-refractivity contribution is 0.393. The molecule has 3 N–H and O–H groups in total. The minimum atomic E-state index is 0.270. The van der Waals surface area contributed by atoms with Crippen molar-refractivity contribution in [3.8, 4) is 0 Å². The van der Waals surface area contributed by atoms with Crippen molar-refractivity contribution in [2.45, 2.75) is 25.7 Å². The molecule has 0 aromatic heterocycles. The number of hydrogen-bond acceptors (Lipinski definition) is 2. The molecule has 2 aliphatic rings. The number of aliphatic hydroxyl groups excluding tert-OH is 1. The van der Waals surface area contributed by atoms with E-state index in [1.165, 1.54) is 5.56 Å². The van der Waals surface area contributed by atoms with Gasteiger partial charge in [-0.2, -0.15) is 0 Å². The molecule has 0 spiro atoms. The second kappa shape index (κ2) is 6.10. The fraction of sp³-hybridized carbons (Fsp3) is 0.200. The predicted molar refractivity (Wildman–Crippen MR) is 91.3 cm³/mol. The third kappa shape index (κ3) is 2.91. The second-order valence-electron chi connectivity index (χ2n) is 5.89. The first-order chi connectivity index (χ1) is 10.6. The summed E-state index contributed by atoms with van der Waals surface area (Å²) in [5, 5.41) is 10.5. The summed E-state index contributed by atoms with van der Waals surface area (Å²) in [5.41, 5.74) is 11.1. The summed E-state index contributed by atoms with van der Waals surface area (Å²) < 4.78 is 0. The summed E-state index contributed by atoms with van der Waals surface area (Å²) in [4.78, 5) is 0. The molecule has 0 bridgehead atoms. The second-order valence-corrected chi connectivity index (χ2v) is 5.89. The van der Waals surface area contributed by atoms with Gasteiger partial charge in [-0.3, -0.25) is 0 Å². The Morgan fingerprint density at radius 3 is 2.68 bits per heavy atom. The van der Waals surface area contributed by atoms with Crippen LogP contribution >= 0.6 is 0 Å². The average molecular weight is 291 g/mol. The topological polar surface area (TPSA) is 46.2 Å². The van der Waals surface area contributed by atoms with Gasteiger partial charge in [-0.25, -0.2) is 0 Å². The maximum atomic E-state index is 10.5. The minimum Gasteiger partial charge on any atom is -0.511 e. The van der Waals surface area contributed by atoms with Crippen molar-refractivity contribution in [1.29, 1.82) is 0 Å². The van der Waals surface area contributed by atoms with E-state index in [2.05, 4.69) is 42.5 Å². The highest BCUT2D eigenvalue weighted by molar-refractivity contribution is 5.54. The quantitative estimate of drug-likeness (QED) is 0.832. The van der Waals surface area contributed by atoms with Gasteiger partial charge >= 0.3 is 0 Å². The van der Waals surface area contributed by atoms with Gasteiger partial charge in [-0.1, -0.05) is 48.6 Å². The largest absolute Gasteiger partial charge is 0.511 e. The molecule has 0 aliphatic heterocycles. The van der Waals surface area contributed by atoms with Crippen molar-refractivity contribution in [3.63, 3.8) is 0 Å². The van der Waals surface area contributed by atoms with E-state index in [1.807, 2.05) is 25.1 Å². The summed E-state index contributed by atoms with van der Waals surface area (Å²) in [5.74, 6) is 0.625. The van der Waals surface area contributed by atoms with Gasteiger partial charge in [0.1, 0.15) is 5.76 Å². The molecule has 2 heteroatoms. The number of benzene rings is 1. The number of hydrogen-bond donors (Lipinski definition) is 2. The van der Waals surface area contributed by atoms with Gasteiger partial charge in [0.05, 0.1) is 0 Å². The standard InChI is InChI=1S/C20H21NO/c1-14-11-16(21)13-20(22)19(12-14)18-10-6-5-9-17(18)15-7-3-2-4-8-15/h2-8,10-12,17,22H,9,13,21H2,1H3. The summed E-state index contributed by atoms with van der Waals surface area (Å²) >= 11 is 0. The zero-order valence-electron chi connectivity index (χ0n) is 12.8. The first-order valence-electron chi connectivity index (χ1n) is 7.63. The summed E-state index contributed by atoms with van der Waals surface area (Å²) in [6, 6.07) is 10.5. The van der Waals surface area contributed by atoms with Gasteiger partial charge in [-0.05, 0) is 42.2 Å². The summed E-state index contributed by atoms with van der Waals surface area (Å²) in [6.07, 6.45) is 11.7. The molecule has 1 atom stereocenters.